The van der Waals surface area contributed by atoms with E-state index >= 15 is 0 Å². The van der Waals surface area contributed by atoms with Crippen LogP contribution in [0, 0.1) is 0 Å². The monoisotopic (exact) mass is 267 g/mol. The lowest BCUT2D eigenvalue weighted by molar-refractivity contribution is -0.147. The van der Waals surface area contributed by atoms with Gasteiger partial charge < -0.3 is 15.1 Å². The molecule has 0 aromatic carbocycles. The molecule has 1 unspecified atom stereocenters. The van der Waals surface area contributed by atoms with Crippen molar-refractivity contribution in [2.75, 3.05) is 26.2 Å². The number of nitrogens with one attached hydrogen (secondary N) is 1. The molecule has 108 valence electrons. The van der Waals surface area contributed by atoms with E-state index in [4.69, 9.17) is 0 Å². The molecular formula is C14H25N3O2. The highest BCUT2D eigenvalue weighted by Crippen LogP contribution is 2.19. The molecule has 0 radical (unpaired) electrons. The van der Waals surface area contributed by atoms with E-state index in [0.29, 0.717) is 6.42 Å². The molecule has 0 saturated carbocycles. The number of nitrogens with zero attached hydrogens (tertiary/aromatic N) is 2. The number of rotatable bonds is 4. The maximum Gasteiger partial charge on any atom is 0.245 e. The third kappa shape index (κ3) is 3.26. The lowest BCUT2D eigenvalue weighted by atomic mass is 10.00. The Balaban J connectivity index is 1.94. The van der Waals surface area contributed by atoms with Crippen LogP contribution >= 0.6 is 0 Å². The molecule has 1 atom stereocenters. The number of piperidine rings is 1. The topological polar surface area (TPSA) is 52.6 Å². The first kappa shape index (κ1) is 14.3. The molecule has 0 aromatic heterocycles. The fraction of sp³-hybridized carbons (Fsp3) is 0.857. The fourth-order valence-corrected chi connectivity index (χ4v) is 3.09. The van der Waals surface area contributed by atoms with E-state index in [-0.39, 0.29) is 30.4 Å². The molecule has 2 saturated heterocycles. The number of amides is 2. The Hall–Kier alpha value is -1.10. The lowest BCUT2D eigenvalue weighted by Gasteiger charge is -2.41. The van der Waals surface area contributed by atoms with Gasteiger partial charge in [-0.1, -0.05) is 13.8 Å². The summed E-state index contributed by atoms with van der Waals surface area (Å²) in [6.07, 6.45) is 3.84. The van der Waals surface area contributed by atoms with E-state index in [9.17, 15) is 9.59 Å². The number of hydrogen-bond donors (Lipinski definition) is 1. The Morgan fingerprint density at radius 3 is 2.47 bits per heavy atom. The van der Waals surface area contributed by atoms with E-state index in [1.807, 2.05) is 11.8 Å². The van der Waals surface area contributed by atoms with Crippen LogP contribution in [0.15, 0.2) is 0 Å². The van der Waals surface area contributed by atoms with Crippen molar-refractivity contribution >= 4 is 11.8 Å². The van der Waals surface area contributed by atoms with E-state index in [2.05, 4.69) is 17.1 Å². The van der Waals surface area contributed by atoms with Crippen LogP contribution in [0.3, 0.4) is 0 Å². The molecule has 0 aromatic rings. The molecule has 2 heterocycles. The van der Waals surface area contributed by atoms with Crippen molar-refractivity contribution in [3.63, 3.8) is 0 Å². The number of carbonyl (C=O) groups is 2. The van der Waals surface area contributed by atoms with Crippen LogP contribution in [0.5, 0.6) is 0 Å². The van der Waals surface area contributed by atoms with Crippen molar-refractivity contribution in [1.29, 1.82) is 0 Å². The minimum atomic E-state index is -0.310. The van der Waals surface area contributed by atoms with Crippen LogP contribution in [0.25, 0.3) is 0 Å². The summed E-state index contributed by atoms with van der Waals surface area (Å²) in [4.78, 5) is 28.3. The van der Waals surface area contributed by atoms with Crippen molar-refractivity contribution in [3.8, 4) is 0 Å². The summed E-state index contributed by atoms with van der Waals surface area (Å²) in [5.74, 6) is 0.0958. The molecule has 2 aliphatic rings. The zero-order valence-electron chi connectivity index (χ0n) is 12.0. The molecule has 5 nitrogen and oxygen atoms in total. The first-order valence-electron chi connectivity index (χ1n) is 7.47. The minimum Gasteiger partial charge on any atom is -0.343 e. The molecule has 0 spiro atoms. The van der Waals surface area contributed by atoms with Gasteiger partial charge in [0.15, 0.2) is 0 Å². The highest BCUT2D eigenvalue weighted by atomic mass is 16.2. The molecule has 2 fully saturated rings. The van der Waals surface area contributed by atoms with Crippen LogP contribution in [-0.4, -0.2) is 59.9 Å². The molecule has 19 heavy (non-hydrogen) atoms. The molecule has 5 heteroatoms. The Kier molecular flexibility index (Phi) is 4.80. The maximum absolute atomic E-state index is 12.3. The van der Waals surface area contributed by atoms with Gasteiger partial charge in [-0.25, -0.2) is 0 Å². The summed E-state index contributed by atoms with van der Waals surface area (Å²) in [5.41, 5.74) is 0. The van der Waals surface area contributed by atoms with Gasteiger partial charge in [-0.2, -0.15) is 0 Å². The van der Waals surface area contributed by atoms with Gasteiger partial charge in [0.05, 0.1) is 6.54 Å². The smallest absolute Gasteiger partial charge is 0.245 e. The van der Waals surface area contributed by atoms with Gasteiger partial charge in [0.25, 0.3) is 0 Å². The van der Waals surface area contributed by atoms with Gasteiger partial charge in [0, 0.05) is 19.1 Å². The van der Waals surface area contributed by atoms with Crippen LogP contribution < -0.4 is 5.32 Å². The molecule has 2 aliphatic heterocycles. The zero-order valence-corrected chi connectivity index (χ0v) is 12.0. The third-order valence-electron chi connectivity index (χ3n) is 4.18. The highest BCUT2D eigenvalue weighted by Gasteiger charge is 2.36. The van der Waals surface area contributed by atoms with Crippen LogP contribution in [0.2, 0.25) is 0 Å². The minimum absolute atomic E-state index is 0.0116. The van der Waals surface area contributed by atoms with Crippen molar-refractivity contribution in [2.24, 2.45) is 0 Å². The van der Waals surface area contributed by atoms with Gasteiger partial charge in [-0.15, -0.1) is 0 Å². The Morgan fingerprint density at radius 1 is 1.21 bits per heavy atom. The SMILES string of the molecule is CCCN1CCC(N2CC(=O)NC(CC)C2=O)CC1. The third-order valence-corrected chi connectivity index (χ3v) is 4.18. The van der Waals surface area contributed by atoms with Crippen LogP contribution in [-0.2, 0) is 9.59 Å². The summed E-state index contributed by atoms with van der Waals surface area (Å²) in [6.45, 7) is 7.60. The number of piperazine rings is 1. The average molecular weight is 267 g/mol. The standard InChI is InChI=1S/C14H25N3O2/c1-3-7-16-8-5-11(6-9-16)17-10-13(18)15-12(4-2)14(17)19/h11-12H,3-10H2,1-2H3,(H,15,18). The number of carbonyl (C=O) groups excluding carboxylic acids is 2. The number of hydrogen-bond acceptors (Lipinski definition) is 3. The average Bonchev–Trinajstić information content (AvgIpc) is 2.42. The van der Waals surface area contributed by atoms with Gasteiger partial charge >= 0.3 is 0 Å². The molecule has 1 N–H and O–H groups in total. The second-order valence-electron chi connectivity index (χ2n) is 5.57. The molecule has 0 bridgehead atoms. The van der Waals surface area contributed by atoms with Gasteiger partial charge in [0.1, 0.15) is 6.04 Å². The molecule has 0 aliphatic carbocycles. The first-order valence-corrected chi connectivity index (χ1v) is 7.47. The lowest BCUT2D eigenvalue weighted by Crippen LogP contribution is -2.61. The summed E-state index contributed by atoms with van der Waals surface area (Å²) < 4.78 is 0. The van der Waals surface area contributed by atoms with Gasteiger partial charge in [-0.05, 0) is 32.2 Å². The predicted octanol–water partition coefficient (Wildman–Crippen LogP) is 0.598. The quantitative estimate of drug-likeness (QED) is 0.811. The zero-order chi connectivity index (χ0) is 13.8. The van der Waals surface area contributed by atoms with Gasteiger partial charge in [0.2, 0.25) is 11.8 Å². The maximum atomic E-state index is 12.3. The van der Waals surface area contributed by atoms with Gasteiger partial charge in [-0.3, -0.25) is 9.59 Å². The summed E-state index contributed by atoms with van der Waals surface area (Å²) in [5, 5.41) is 2.77. The summed E-state index contributed by atoms with van der Waals surface area (Å²) in [6, 6.07) is -0.0596. The van der Waals surface area contributed by atoms with E-state index in [0.717, 1.165) is 32.5 Å². The highest BCUT2D eigenvalue weighted by molar-refractivity contribution is 5.94. The van der Waals surface area contributed by atoms with Crippen molar-refractivity contribution < 1.29 is 9.59 Å². The van der Waals surface area contributed by atoms with Crippen molar-refractivity contribution in [2.45, 2.75) is 51.6 Å². The predicted molar refractivity (Wildman–Crippen MR) is 73.7 cm³/mol. The number of likely N-dealkylation sites (tertiary alicyclic amines) is 1. The summed E-state index contributed by atoms with van der Waals surface area (Å²) >= 11 is 0. The molecule has 2 amide bonds. The molecular weight excluding hydrogens is 242 g/mol. The first-order chi connectivity index (χ1) is 9.15. The Morgan fingerprint density at radius 2 is 1.89 bits per heavy atom. The largest absolute Gasteiger partial charge is 0.343 e. The van der Waals surface area contributed by atoms with E-state index < -0.39 is 0 Å². The fourth-order valence-electron chi connectivity index (χ4n) is 3.09. The van der Waals surface area contributed by atoms with E-state index in [1.165, 1.54) is 6.42 Å². The Bertz CT molecular complexity index is 338. The van der Waals surface area contributed by atoms with Crippen LogP contribution in [0.1, 0.15) is 39.5 Å². The normalized spacial score (nSPS) is 26.6. The van der Waals surface area contributed by atoms with Crippen molar-refractivity contribution in [3.05, 3.63) is 0 Å². The Labute approximate surface area is 115 Å². The summed E-state index contributed by atoms with van der Waals surface area (Å²) in [7, 11) is 0. The van der Waals surface area contributed by atoms with E-state index in [1.54, 1.807) is 0 Å². The van der Waals surface area contributed by atoms with Crippen LogP contribution in [0.4, 0.5) is 0 Å². The second-order valence-corrected chi connectivity index (χ2v) is 5.57. The second kappa shape index (κ2) is 6.37. The van der Waals surface area contributed by atoms with Crippen molar-refractivity contribution in [1.82, 2.24) is 15.1 Å². The molecule has 2 rings (SSSR count).